The first-order chi connectivity index (χ1) is 11.4. The lowest BCUT2D eigenvalue weighted by Gasteiger charge is -2.12. The summed E-state index contributed by atoms with van der Waals surface area (Å²) in [6, 6.07) is 13.6. The van der Waals surface area contributed by atoms with Crippen LogP contribution in [0.15, 0.2) is 55.9 Å². The Morgan fingerprint density at radius 2 is 1.92 bits per heavy atom. The highest BCUT2D eigenvalue weighted by molar-refractivity contribution is 9.10. The predicted octanol–water partition coefficient (Wildman–Crippen LogP) is 5.14. The van der Waals surface area contributed by atoms with Gasteiger partial charge in [-0.3, -0.25) is 0 Å². The Morgan fingerprint density at radius 3 is 2.67 bits per heavy atom. The van der Waals surface area contributed by atoms with Gasteiger partial charge in [-0.05, 0) is 48.8 Å². The average molecular weight is 405 g/mol. The molecule has 0 spiro atoms. The van der Waals surface area contributed by atoms with Crippen LogP contribution in [-0.4, -0.2) is 20.3 Å². The summed E-state index contributed by atoms with van der Waals surface area (Å²) in [6.45, 7) is 5.69. The Hall–Kier alpha value is -1.79. The molecule has 4 nitrogen and oxygen atoms in total. The van der Waals surface area contributed by atoms with Crippen LogP contribution in [0, 0.1) is 0 Å². The summed E-state index contributed by atoms with van der Waals surface area (Å²) in [6.07, 6.45) is 1.65. The van der Waals surface area contributed by atoms with Crippen molar-refractivity contribution in [2.75, 3.05) is 0 Å². The van der Waals surface area contributed by atoms with Crippen molar-refractivity contribution in [3.05, 3.63) is 52.5 Å². The molecule has 0 saturated carbocycles. The van der Waals surface area contributed by atoms with Gasteiger partial charge in [0, 0.05) is 17.3 Å². The molecule has 0 aliphatic carbocycles. The number of rotatable bonds is 3. The molecular formula is C18H17BrN2O2S. The smallest absolute Gasteiger partial charge is 0.181 e. The molecule has 0 fully saturated rings. The lowest BCUT2D eigenvalue weighted by Crippen LogP contribution is -2.19. The van der Waals surface area contributed by atoms with Crippen molar-refractivity contribution in [1.82, 2.24) is 5.16 Å². The molecular weight excluding hydrogens is 388 g/mol. The molecule has 24 heavy (non-hydrogen) atoms. The van der Waals surface area contributed by atoms with Crippen LogP contribution in [-0.2, 0) is 11.0 Å². The van der Waals surface area contributed by atoms with E-state index in [4.69, 9.17) is 4.52 Å². The van der Waals surface area contributed by atoms with Crippen molar-refractivity contribution in [1.29, 1.82) is 0 Å². The second-order valence-electron chi connectivity index (χ2n) is 6.33. The third-order valence-electron chi connectivity index (χ3n) is 3.48. The second kappa shape index (κ2) is 6.61. The van der Waals surface area contributed by atoms with E-state index in [0.717, 1.165) is 26.7 Å². The number of hydrogen-bond acceptors (Lipinski definition) is 3. The molecule has 0 unspecified atom stereocenters. The van der Waals surface area contributed by atoms with Gasteiger partial charge in [-0.15, -0.1) is 0 Å². The number of fused-ring (bicyclic) bond motifs is 1. The summed E-state index contributed by atoms with van der Waals surface area (Å²) in [7, 11) is -1.31. The molecule has 2 aromatic carbocycles. The number of nitrogens with zero attached hydrogens (tertiary/aromatic N) is 2. The molecule has 0 N–H and O–H groups in total. The number of benzene rings is 2. The topological polar surface area (TPSA) is 55.5 Å². The molecule has 1 heterocycles. The highest BCUT2D eigenvalue weighted by atomic mass is 79.9. The van der Waals surface area contributed by atoms with E-state index in [-0.39, 0.29) is 0 Å². The van der Waals surface area contributed by atoms with Crippen molar-refractivity contribution in [2.24, 2.45) is 4.40 Å². The first kappa shape index (κ1) is 17.0. The molecule has 3 aromatic rings. The van der Waals surface area contributed by atoms with E-state index >= 15 is 0 Å². The molecule has 0 radical (unpaired) electrons. The van der Waals surface area contributed by atoms with Gasteiger partial charge in [0.1, 0.15) is 16.7 Å². The van der Waals surface area contributed by atoms with Gasteiger partial charge in [-0.1, -0.05) is 35.5 Å². The molecule has 1 aromatic heterocycles. The first-order valence-corrected chi connectivity index (χ1v) is 9.37. The van der Waals surface area contributed by atoms with Crippen molar-refractivity contribution in [3.63, 3.8) is 0 Å². The van der Waals surface area contributed by atoms with E-state index < -0.39 is 15.7 Å². The normalized spacial score (nSPS) is 13.7. The Labute approximate surface area is 151 Å². The van der Waals surface area contributed by atoms with Crippen molar-refractivity contribution >= 4 is 44.1 Å². The molecule has 3 rings (SSSR count). The Bertz CT molecular complexity index is 942. The quantitative estimate of drug-likeness (QED) is 0.567. The molecule has 0 bridgehead atoms. The molecule has 6 heteroatoms. The van der Waals surface area contributed by atoms with E-state index in [1.807, 2.05) is 63.2 Å². The van der Waals surface area contributed by atoms with Gasteiger partial charge in [0.15, 0.2) is 5.58 Å². The van der Waals surface area contributed by atoms with Gasteiger partial charge < -0.3 is 4.52 Å². The van der Waals surface area contributed by atoms with Gasteiger partial charge in [0.25, 0.3) is 0 Å². The Morgan fingerprint density at radius 1 is 1.17 bits per heavy atom. The summed E-state index contributed by atoms with van der Waals surface area (Å²) >= 11 is 3.47. The van der Waals surface area contributed by atoms with Crippen LogP contribution < -0.4 is 0 Å². The van der Waals surface area contributed by atoms with Crippen LogP contribution in [0.1, 0.15) is 26.3 Å². The lowest BCUT2D eigenvalue weighted by molar-refractivity contribution is 0.458. The van der Waals surface area contributed by atoms with E-state index in [9.17, 15) is 4.21 Å². The minimum Gasteiger partial charge on any atom is -0.354 e. The Kier molecular flexibility index (Phi) is 4.69. The molecule has 0 aliphatic rings. The van der Waals surface area contributed by atoms with Crippen LogP contribution in [0.5, 0.6) is 0 Å². The van der Waals surface area contributed by atoms with Gasteiger partial charge in [0.2, 0.25) is 0 Å². The van der Waals surface area contributed by atoms with Crippen LogP contribution in [0.2, 0.25) is 0 Å². The summed E-state index contributed by atoms with van der Waals surface area (Å²) in [5, 5.41) is 5.14. The largest absolute Gasteiger partial charge is 0.354 e. The fraction of sp³-hybridized carbons (Fsp3) is 0.222. The number of para-hydroxylation sites is 1. The summed E-state index contributed by atoms with van der Waals surface area (Å²) in [5.41, 5.74) is 3.20. The zero-order valence-electron chi connectivity index (χ0n) is 13.6. The zero-order valence-corrected chi connectivity index (χ0v) is 16.0. The minimum absolute atomic E-state index is 0.392. The third kappa shape index (κ3) is 3.35. The van der Waals surface area contributed by atoms with Crippen LogP contribution in [0.4, 0.5) is 0 Å². The van der Waals surface area contributed by atoms with E-state index in [1.165, 1.54) is 0 Å². The average Bonchev–Trinajstić information content (AvgIpc) is 2.97. The zero-order chi connectivity index (χ0) is 17.3. The number of hydrogen-bond donors (Lipinski definition) is 0. The fourth-order valence-corrected chi connectivity index (χ4v) is 3.17. The van der Waals surface area contributed by atoms with E-state index in [0.29, 0.717) is 5.58 Å². The fourth-order valence-electron chi connectivity index (χ4n) is 2.21. The predicted molar refractivity (Wildman–Crippen MR) is 103 cm³/mol. The summed E-state index contributed by atoms with van der Waals surface area (Å²) in [5.74, 6) is 0. The van der Waals surface area contributed by atoms with Gasteiger partial charge in [-0.25, -0.2) is 4.21 Å². The molecule has 124 valence electrons. The van der Waals surface area contributed by atoms with Gasteiger partial charge in [0.05, 0.1) is 14.6 Å². The highest BCUT2D eigenvalue weighted by Crippen LogP contribution is 2.33. The molecule has 1 atom stereocenters. The van der Waals surface area contributed by atoms with Gasteiger partial charge >= 0.3 is 0 Å². The SMILES string of the molecule is CC(C)(C)[S@](=O)N=Cc1ccccc1-c1noc2c(Br)cccc12. The summed E-state index contributed by atoms with van der Waals surface area (Å²) in [4.78, 5) is 0. The number of aromatic nitrogens is 1. The highest BCUT2D eigenvalue weighted by Gasteiger charge is 2.19. The molecule has 0 saturated heterocycles. The minimum atomic E-state index is -1.31. The van der Waals surface area contributed by atoms with Crippen molar-refractivity contribution in [3.8, 4) is 11.3 Å². The number of halogens is 1. The monoisotopic (exact) mass is 404 g/mol. The van der Waals surface area contributed by atoms with Crippen LogP contribution in [0.25, 0.3) is 22.2 Å². The van der Waals surface area contributed by atoms with Crippen molar-refractivity contribution < 1.29 is 8.73 Å². The van der Waals surface area contributed by atoms with Crippen molar-refractivity contribution in [2.45, 2.75) is 25.5 Å². The lowest BCUT2D eigenvalue weighted by atomic mass is 10.0. The molecule has 0 aliphatic heterocycles. The van der Waals surface area contributed by atoms with E-state index in [2.05, 4.69) is 25.5 Å². The Balaban J connectivity index is 2.08. The van der Waals surface area contributed by atoms with Crippen LogP contribution in [0.3, 0.4) is 0 Å². The standard InChI is InChI=1S/C18H17BrN2O2S/c1-18(2,3)24(22)20-11-12-7-4-5-8-13(12)16-14-9-6-10-15(19)17(14)23-21-16/h4-11H,1-3H3/t24-/m0/s1. The summed E-state index contributed by atoms with van der Waals surface area (Å²) < 4.78 is 22.3. The third-order valence-corrected chi connectivity index (χ3v) is 5.45. The van der Waals surface area contributed by atoms with E-state index in [1.54, 1.807) is 6.21 Å². The van der Waals surface area contributed by atoms with Crippen LogP contribution >= 0.6 is 15.9 Å². The maximum Gasteiger partial charge on any atom is 0.181 e. The molecule has 0 amide bonds. The first-order valence-electron chi connectivity index (χ1n) is 7.47. The van der Waals surface area contributed by atoms with Gasteiger partial charge in [-0.2, -0.15) is 4.40 Å². The second-order valence-corrected chi connectivity index (χ2v) is 9.12. The maximum atomic E-state index is 12.2. The maximum absolute atomic E-state index is 12.2.